The van der Waals surface area contributed by atoms with Gasteiger partial charge >= 0.3 is 0 Å². The predicted octanol–water partition coefficient (Wildman–Crippen LogP) is 0.906. The summed E-state index contributed by atoms with van der Waals surface area (Å²) in [6, 6.07) is 0. The Balaban J connectivity index is 2.61. The second-order valence-electron chi connectivity index (χ2n) is 3.29. The fraction of sp³-hybridized carbons (Fsp3) is 0.222. The van der Waals surface area contributed by atoms with Crippen molar-refractivity contribution in [3.8, 4) is 0 Å². The zero-order chi connectivity index (χ0) is 12.6. The maximum absolute atomic E-state index is 11.3. The first-order chi connectivity index (χ1) is 8.00. The van der Waals surface area contributed by atoms with Crippen molar-refractivity contribution in [2.45, 2.75) is 13.8 Å². The number of halogens is 1. The van der Waals surface area contributed by atoms with Crippen LogP contribution in [0.5, 0.6) is 0 Å². The molecule has 1 N–H and O–H groups in total. The van der Waals surface area contributed by atoms with Gasteiger partial charge in [0.05, 0.1) is 6.33 Å². The van der Waals surface area contributed by atoms with Gasteiger partial charge in [-0.3, -0.25) is 9.59 Å². The van der Waals surface area contributed by atoms with E-state index in [1.165, 1.54) is 20.2 Å². The van der Waals surface area contributed by atoms with Gasteiger partial charge < -0.3 is 4.98 Å². The molecule has 0 spiro atoms. The van der Waals surface area contributed by atoms with Gasteiger partial charge in [-0.15, -0.1) is 0 Å². The summed E-state index contributed by atoms with van der Waals surface area (Å²) < 4.78 is 0. The lowest BCUT2D eigenvalue weighted by atomic mass is 10.5. The second-order valence-corrected chi connectivity index (χ2v) is 3.65. The van der Waals surface area contributed by atoms with Gasteiger partial charge in [0.1, 0.15) is 5.52 Å². The van der Waals surface area contributed by atoms with Crippen LogP contribution in [0.4, 0.5) is 5.95 Å². The summed E-state index contributed by atoms with van der Waals surface area (Å²) in [5.74, 6) is -1.04. The summed E-state index contributed by atoms with van der Waals surface area (Å²) >= 11 is 5.89. The first kappa shape index (κ1) is 11.5. The molecule has 0 aliphatic heterocycles. The van der Waals surface area contributed by atoms with Crippen LogP contribution >= 0.6 is 11.6 Å². The highest BCUT2D eigenvalue weighted by atomic mass is 35.5. The second kappa shape index (κ2) is 4.10. The molecule has 17 heavy (non-hydrogen) atoms. The van der Waals surface area contributed by atoms with Crippen LogP contribution in [0.3, 0.4) is 0 Å². The van der Waals surface area contributed by atoms with Crippen LogP contribution in [0, 0.1) is 0 Å². The van der Waals surface area contributed by atoms with Gasteiger partial charge in [0.25, 0.3) is 0 Å². The van der Waals surface area contributed by atoms with Gasteiger partial charge in [0.2, 0.25) is 17.8 Å². The third kappa shape index (κ3) is 1.96. The molecule has 0 aliphatic rings. The normalized spacial score (nSPS) is 10.5. The van der Waals surface area contributed by atoms with Gasteiger partial charge in [0.15, 0.2) is 10.8 Å². The van der Waals surface area contributed by atoms with Crippen LogP contribution in [0.25, 0.3) is 11.2 Å². The lowest BCUT2D eigenvalue weighted by Gasteiger charge is -2.14. The topological polar surface area (TPSA) is 91.8 Å². The SMILES string of the molecule is CC(=O)N(C(C)=O)c1nc(Cl)c2[nH]cnc2n1. The van der Waals surface area contributed by atoms with Gasteiger partial charge in [-0.2, -0.15) is 9.97 Å². The van der Waals surface area contributed by atoms with E-state index in [1.54, 1.807) is 0 Å². The van der Waals surface area contributed by atoms with Crippen molar-refractivity contribution < 1.29 is 9.59 Å². The molecule has 2 rings (SSSR count). The molecule has 0 unspecified atom stereocenters. The Bertz CT molecular complexity index is 594. The summed E-state index contributed by atoms with van der Waals surface area (Å²) in [4.78, 5) is 38.0. The van der Waals surface area contributed by atoms with Crippen LogP contribution in [0.15, 0.2) is 6.33 Å². The molecular formula is C9H8ClN5O2. The lowest BCUT2D eigenvalue weighted by molar-refractivity contribution is -0.124. The van der Waals surface area contributed by atoms with Crippen molar-refractivity contribution in [1.29, 1.82) is 0 Å². The minimum Gasteiger partial charge on any atom is -0.341 e. The number of carbonyl (C=O) groups excluding carboxylic acids is 2. The van der Waals surface area contributed by atoms with Crippen molar-refractivity contribution in [2.75, 3.05) is 4.90 Å². The summed E-state index contributed by atoms with van der Waals surface area (Å²) in [5.41, 5.74) is 0.759. The van der Waals surface area contributed by atoms with Gasteiger partial charge in [0, 0.05) is 13.8 Å². The minimum absolute atomic E-state index is 0.0744. The number of amides is 2. The molecule has 0 atom stereocenters. The number of imide groups is 1. The average molecular weight is 254 g/mol. The number of nitrogens with zero attached hydrogens (tertiary/aromatic N) is 4. The van der Waals surface area contributed by atoms with Crippen molar-refractivity contribution >= 4 is 40.5 Å². The number of anilines is 1. The number of nitrogens with one attached hydrogen (secondary N) is 1. The Morgan fingerprint density at radius 2 is 1.94 bits per heavy atom. The highest BCUT2D eigenvalue weighted by molar-refractivity contribution is 6.33. The number of H-pyrrole nitrogens is 1. The molecule has 0 saturated carbocycles. The van der Waals surface area contributed by atoms with E-state index in [0.717, 1.165) is 4.90 Å². The molecule has 2 aromatic rings. The molecule has 0 radical (unpaired) electrons. The highest BCUT2D eigenvalue weighted by Gasteiger charge is 2.21. The van der Waals surface area contributed by atoms with Crippen molar-refractivity contribution in [2.24, 2.45) is 0 Å². The Labute approximate surface area is 101 Å². The monoisotopic (exact) mass is 253 g/mol. The van der Waals surface area contributed by atoms with E-state index >= 15 is 0 Å². The number of aromatic amines is 1. The summed E-state index contributed by atoms with van der Waals surface area (Å²) in [6.07, 6.45) is 1.40. The lowest BCUT2D eigenvalue weighted by Crippen LogP contribution is -2.34. The maximum atomic E-state index is 11.3. The first-order valence-electron chi connectivity index (χ1n) is 4.68. The number of aromatic nitrogens is 4. The van der Waals surface area contributed by atoms with Crippen LogP contribution in [0.1, 0.15) is 13.8 Å². The molecule has 88 valence electrons. The number of carbonyl (C=O) groups is 2. The predicted molar refractivity (Wildman–Crippen MR) is 60.5 cm³/mol. The smallest absolute Gasteiger partial charge is 0.242 e. The summed E-state index contributed by atoms with van der Waals surface area (Å²) in [5, 5.41) is 0.106. The molecule has 0 fully saturated rings. The highest BCUT2D eigenvalue weighted by Crippen LogP contribution is 2.20. The van der Waals surface area contributed by atoms with E-state index in [0.29, 0.717) is 11.2 Å². The zero-order valence-electron chi connectivity index (χ0n) is 9.06. The van der Waals surface area contributed by atoms with E-state index in [4.69, 9.17) is 11.6 Å². The molecule has 0 saturated heterocycles. The third-order valence-electron chi connectivity index (χ3n) is 2.06. The molecule has 0 bridgehead atoms. The molecule has 0 aromatic carbocycles. The standard InChI is InChI=1S/C9H8ClN5O2/c1-4(16)15(5(2)17)9-13-7(10)6-8(14-9)12-3-11-6/h3H,1-2H3,(H,11,12,13,14). The fourth-order valence-corrected chi connectivity index (χ4v) is 1.61. The minimum atomic E-state index is -0.483. The Hall–Kier alpha value is -2.02. The average Bonchev–Trinajstić information content (AvgIpc) is 2.64. The Morgan fingerprint density at radius 1 is 1.29 bits per heavy atom. The first-order valence-corrected chi connectivity index (χ1v) is 5.06. The molecule has 8 heteroatoms. The Morgan fingerprint density at radius 3 is 2.53 bits per heavy atom. The number of hydrogen-bond acceptors (Lipinski definition) is 5. The zero-order valence-corrected chi connectivity index (χ0v) is 9.82. The molecule has 2 heterocycles. The van der Waals surface area contributed by atoms with Crippen molar-refractivity contribution in [3.05, 3.63) is 11.5 Å². The molecular weight excluding hydrogens is 246 g/mol. The maximum Gasteiger partial charge on any atom is 0.242 e. The van der Waals surface area contributed by atoms with Gasteiger partial charge in [-0.25, -0.2) is 9.88 Å². The van der Waals surface area contributed by atoms with Crippen LogP contribution in [0.2, 0.25) is 5.15 Å². The number of rotatable bonds is 1. The molecule has 7 nitrogen and oxygen atoms in total. The van der Waals surface area contributed by atoms with E-state index in [-0.39, 0.29) is 11.1 Å². The van der Waals surface area contributed by atoms with Gasteiger partial charge in [-0.1, -0.05) is 11.6 Å². The van der Waals surface area contributed by atoms with E-state index < -0.39 is 11.8 Å². The van der Waals surface area contributed by atoms with E-state index in [9.17, 15) is 9.59 Å². The number of imidazole rings is 1. The van der Waals surface area contributed by atoms with Crippen molar-refractivity contribution in [1.82, 2.24) is 19.9 Å². The van der Waals surface area contributed by atoms with Gasteiger partial charge in [-0.05, 0) is 0 Å². The number of fused-ring (bicyclic) bond motifs is 1. The van der Waals surface area contributed by atoms with E-state index in [1.807, 2.05) is 0 Å². The van der Waals surface area contributed by atoms with E-state index in [2.05, 4.69) is 19.9 Å². The molecule has 0 aliphatic carbocycles. The third-order valence-corrected chi connectivity index (χ3v) is 2.33. The number of hydrogen-bond donors (Lipinski definition) is 1. The largest absolute Gasteiger partial charge is 0.341 e. The quantitative estimate of drug-likeness (QED) is 0.763. The van der Waals surface area contributed by atoms with Crippen LogP contribution < -0.4 is 4.90 Å². The molecule has 2 amide bonds. The molecule has 2 aromatic heterocycles. The summed E-state index contributed by atoms with van der Waals surface area (Å²) in [7, 11) is 0. The fourth-order valence-electron chi connectivity index (χ4n) is 1.39. The van der Waals surface area contributed by atoms with Crippen LogP contribution in [-0.2, 0) is 9.59 Å². The van der Waals surface area contributed by atoms with Crippen LogP contribution in [-0.4, -0.2) is 31.8 Å². The summed E-state index contributed by atoms with van der Waals surface area (Å²) in [6.45, 7) is 2.49. The Kier molecular flexibility index (Phi) is 2.76. The van der Waals surface area contributed by atoms with Crippen molar-refractivity contribution in [3.63, 3.8) is 0 Å².